The molecule has 0 N–H and O–H groups in total. The zero-order valence-electron chi connectivity index (χ0n) is 7.98. The normalized spacial score (nSPS) is 9.67. The summed E-state index contributed by atoms with van der Waals surface area (Å²) in [4.78, 5) is 9.92. The van der Waals surface area contributed by atoms with Crippen molar-refractivity contribution in [3.8, 4) is 5.75 Å². The van der Waals surface area contributed by atoms with Gasteiger partial charge in [-0.05, 0) is 12.5 Å². The molecule has 0 aliphatic heterocycles. The van der Waals surface area contributed by atoms with Crippen LogP contribution in [0.3, 0.4) is 0 Å². The van der Waals surface area contributed by atoms with E-state index in [0.29, 0.717) is 18.8 Å². The molecule has 5 heteroatoms. The smallest absolute Gasteiger partial charge is 0.271 e. The molecule has 0 saturated carbocycles. The second kappa shape index (κ2) is 5.36. The van der Waals surface area contributed by atoms with E-state index in [0.717, 1.165) is 0 Å². The SMILES string of the molecule is C=CCCOc1ccc([N+](=O)[O-])cc1Cl. The molecule has 0 bridgehead atoms. The number of benzene rings is 1. The molecule has 0 unspecified atom stereocenters. The van der Waals surface area contributed by atoms with E-state index in [1.54, 1.807) is 6.08 Å². The van der Waals surface area contributed by atoms with Crippen LogP contribution in [0, 0.1) is 10.1 Å². The summed E-state index contributed by atoms with van der Waals surface area (Å²) in [6.45, 7) is 4.01. The van der Waals surface area contributed by atoms with Gasteiger partial charge in [-0.15, -0.1) is 6.58 Å². The fourth-order valence-electron chi connectivity index (χ4n) is 0.973. The third kappa shape index (κ3) is 3.25. The minimum absolute atomic E-state index is 0.0453. The Morgan fingerprint density at radius 2 is 2.33 bits per heavy atom. The number of hydrogen-bond acceptors (Lipinski definition) is 3. The Balaban J connectivity index is 2.74. The van der Waals surface area contributed by atoms with Crippen molar-refractivity contribution in [1.29, 1.82) is 0 Å². The first kappa shape index (κ1) is 11.5. The molecular weight excluding hydrogens is 218 g/mol. The molecule has 0 aliphatic rings. The van der Waals surface area contributed by atoms with Crippen molar-refractivity contribution in [2.24, 2.45) is 0 Å². The first-order chi connectivity index (χ1) is 7.15. The molecule has 0 atom stereocenters. The molecule has 4 nitrogen and oxygen atoms in total. The second-order valence-electron chi connectivity index (χ2n) is 2.80. The zero-order chi connectivity index (χ0) is 11.3. The average Bonchev–Trinajstić information content (AvgIpc) is 2.20. The summed E-state index contributed by atoms with van der Waals surface area (Å²) in [5.41, 5.74) is -0.0453. The lowest BCUT2D eigenvalue weighted by atomic mass is 10.3. The molecule has 0 fully saturated rings. The number of hydrogen-bond donors (Lipinski definition) is 0. The van der Waals surface area contributed by atoms with Gasteiger partial charge in [-0.25, -0.2) is 0 Å². The summed E-state index contributed by atoms with van der Waals surface area (Å²) in [7, 11) is 0. The molecule has 0 aromatic heterocycles. The van der Waals surface area contributed by atoms with E-state index < -0.39 is 4.92 Å². The number of non-ortho nitro benzene ring substituents is 1. The van der Waals surface area contributed by atoms with E-state index in [4.69, 9.17) is 16.3 Å². The second-order valence-corrected chi connectivity index (χ2v) is 3.20. The Morgan fingerprint density at radius 1 is 1.60 bits per heavy atom. The van der Waals surface area contributed by atoms with Crippen LogP contribution in [0.25, 0.3) is 0 Å². The van der Waals surface area contributed by atoms with E-state index in [1.165, 1.54) is 18.2 Å². The fraction of sp³-hybridized carbons (Fsp3) is 0.200. The van der Waals surface area contributed by atoms with Gasteiger partial charge in [-0.1, -0.05) is 17.7 Å². The molecular formula is C10H10ClNO3. The summed E-state index contributed by atoms with van der Waals surface area (Å²) in [6, 6.07) is 4.11. The van der Waals surface area contributed by atoms with Gasteiger partial charge in [0.1, 0.15) is 5.75 Å². The number of nitro groups is 1. The van der Waals surface area contributed by atoms with E-state index in [-0.39, 0.29) is 10.7 Å². The molecule has 0 amide bonds. The predicted octanol–water partition coefficient (Wildman–Crippen LogP) is 3.20. The molecule has 0 radical (unpaired) electrons. The molecule has 0 spiro atoms. The maximum Gasteiger partial charge on any atom is 0.271 e. The summed E-state index contributed by atoms with van der Waals surface area (Å²) in [6.07, 6.45) is 2.42. The van der Waals surface area contributed by atoms with Crippen LogP contribution in [0.4, 0.5) is 5.69 Å². The number of nitrogens with zero attached hydrogens (tertiary/aromatic N) is 1. The minimum atomic E-state index is -0.501. The monoisotopic (exact) mass is 227 g/mol. The van der Waals surface area contributed by atoms with Gasteiger partial charge in [0.2, 0.25) is 0 Å². The van der Waals surface area contributed by atoms with Gasteiger partial charge in [0.05, 0.1) is 16.6 Å². The van der Waals surface area contributed by atoms with Gasteiger partial charge in [0, 0.05) is 12.1 Å². The molecule has 0 saturated heterocycles. The Kier molecular flexibility index (Phi) is 4.12. The van der Waals surface area contributed by atoms with Gasteiger partial charge in [0.25, 0.3) is 5.69 Å². The topological polar surface area (TPSA) is 52.4 Å². The average molecular weight is 228 g/mol. The van der Waals surface area contributed by atoms with Gasteiger partial charge >= 0.3 is 0 Å². The molecule has 80 valence electrons. The standard InChI is InChI=1S/C10H10ClNO3/c1-2-3-6-15-10-5-4-8(12(13)14)7-9(10)11/h2,4-5,7H,1,3,6H2. The number of rotatable bonds is 5. The fourth-order valence-corrected chi connectivity index (χ4v) is 1.20. The molecule has 15 heavy (non-hydrogen) atoms. The van der Waals surface area contributed by atoms with Crippen molar-refractivity contribution in [3.05, 3.63) is 46.0 Å². The number of halogens is 1. The lowest BCUT2D eigenvalue weighted by Crippen LogP contribution is -1.96. The Bertz CT molecular complexity index is 379. The first-order valence-corrected chi connectivity index (χ1v) is 4.70. The number of nitro benzene ring substituents is 1. The quantitative estimate of drug-likeness (QED) is 0.336. The highest BCUT2D eigenvalue weighted by molar-refractivity contribution is 6.32. The van der Waals surface area contributed by atoms with Crippen molar-refractivity contribution in [2.75, 3.05) is 6.61 Å². The van der Waals surface area contributed by atoms with Crippen molar-refractivity contribution < 1.29 is 9.66 Å². The summed E-state index contributed by atoms with van der Waals surface area (Å²) in [5.74, 6) is 0.448. The van der Waals surface area contributed by atoms with Crippen LogP contribution in [0.15, 0.2) is 30.9 Å². The van der Waals surface area contributed by atoms with Gasteiger partial charge in [-0.3, -0.25) is 10.1 Å². The summed E-state index contributed by atoms with van der Waals surface area (Å²) < 4.78 is 5.29. The molecule has 0 heterocycles. The van der Waals surface area contributed by atoms with Gasteiger partial charge in [0.15, 0.2) is 0 Å². The third-order valence-corrected chi connectivity index (χ3v) is 2.00. The number of ether oxygens (including phenoxy) is 1. The van der Waals surface area contributed by atoms with Crippen molar-refractivity contribution in [3.63, 3.8) is 0 Å². The lowest BCUT2D eigenvalue weighted by molar-refractivity contribution is -0.384. The van der Waals surface area contributed by atoms with Crippen LogP contribution in [0.1, 0.15) is 6.42 Å². The molecule has 1 rings (SSSR count). The first-order valence-electron chi connectivity index (χ1n) is 4.33. The lowest BCUT2D eigenvalue weighted by Gasteiger charge is -2.05. The van der Waals surface area contributed by atoms with Crippen LogP contribution in [0.2, 0.25) is 5.02 Å². The van der Waals surface area contributed by atoms with E-state index in [2.05, 4.69) is 6.58 Å². The van der Waals surface area contributed by atoms with Crippen molar-refractivity contribution in [2.45, 2.75) is 6.42 Å². The minimum Gasteiger partial charge on any atom is -0.492 e. The zero-order valence-corrected chi connectivity index (χ0v) is 8.74. The van der Waals surface area contributed by atoms with Crippen LogP contribution in [0.5, 0.6) is 5.75 Å². The highest BCUT2D eigenvalue weighted by atomic mass is 35.5. The Hall–Kier alpha value is -1.55. The van der Waals surface area contributed by atoms with Crippen molar-refractivity contribution >= 4 is 17.3 Å². The van der Waals surface area contributed by atoms with E-state index >= 15 is 0 Å². The molecule has 1 aromatic rings. The van der Waals surface area contributed by atoms with E-state index in [9.17, 15) is 10.1 Å². The Morgan fingerprint density at radius 3 is 2.87 bits per heavy atom. The van der Waals surface area contributed by atoms with Crippen LogP contribution in [-0.4, -0.2) is 11.5 Å². The highest BCUT2D eigenvalue weighted by Gasteiger charge is 2.09. The molecule has 0 aliphatic carbocycles. The summed E-state index contributed by atoms with van der Waals surface area (Å²) in [5, 5.41) is 10.7. The van der Waals surface area contributed by atoms with Crippen LogP contribution < -0.4 is 4.74 Å². The Labute approximate surface area is 92.3 Å². The maximum absolute atomic E-state index is 10.4. The maximum atomic E-state index is 10.4. The largest absolute Gasteiger partial charge is 0.492 e. The van der Waals surface area contributed by atoms with Crippen LogP contribution >= 0.6 is 11.6 Å². The summed E-state index contributed by atoms with van der Waals surface area (Å²) >= 11 is 5.80. The van der Waals surface area contributed by atoms with Gasteiger partial charge < -0.3 is 4.74 Å². The highest BCUT2D eigenvalue weighted by Crippen LogP contribution is 2.28. The van der Waals surface area contributed by atoms with E-state index in [1.807, 2.05) is 0 Å². The molecule has 1 aromatic carbocycles. The predicted molar refractivity (Wildman–Crippen MR) is 58.4 cm³/mol. The van der Waals surface area contributed by atoms with Crippen molar-refractivity contribution in [1.82, 2.24) is 0 Å². The van der Waals surface area contributed by atoms with Gasteiger partial charge in [-0.2, -0.15) is 0 Å². The third-order valence-electron chi connectivity index (χ3n) is 1.71. The van der Waals surface area contributed by atoms with Crippen LogP contribution in [-0.2, 0) is 0 Å².